The highest BCUT2D eigenvalue weighted by molar-refractivity contribution is 5.84. The highest BCUT2D eigenvalue weighted by atomic mass is 16.4. The smallest absolute Gasteiger partial charge is 0.317 e. The molecule has 1 aliphatic heterocycles. The van der Waals surface area contributed by atoms with Crippen molar-refractivity contribution < 1.29 is 14.7 Å². The van der Waals surface area contributed by atoms with Gasteiger partial charge in [0, 0.05) is 19.1 Å². The molecule has 0 aliphatic carbocycles. The van der Waals surface area contributed by atoms with Crippen molar-refractivity contribution in [1.29, 1.82) is 0 Å². The standard InChI is InChI=1S/C19H28N2O3/c1-14(2)18(15-7-5-4-6-8-15)19(24)21-11-9-16(10-12-21)20(3)13-17(22)23/h4-8,14,16,18H,9-13H2,1-3H3,(H,22,23). The first-order chi connectivity index (χ1) is 11.4. The summed E-state index contributed by atoms with van der Waals surface area (Å²) in [4.78, 5) is 27.7. The summed E-state index contributed by atoms with van der Waals surface area (Å²) in [5, 5.41) is 8.91. The predicted octanol–water partition coefficient (Wildman–Crippen LogP) is 2.43. The van der Waals surface area contributed by atoms with Crippen LogP contribution in [0, 0.1) is 5.92 Å². The third-order valence-corrected chi connectivity index (χ3v) is 4.88. The van der Waals surface area contributed by atoms with Crippen LogP contribution in [0.2, 0.25) is 0 Å². The van der Waals surface area contributed by atoms with Crippen molar-refractivity contribution in [1.82, 2.24) is 9.80 Å². The van der Waals surface area contributed by atoms with Gasteiger partial charge in [-0.15, -0.1) is 0 Å². The zero-order valence-corrected chi connectivity index (χ0v) is 14.8. The second-order valence-corrected chi connectivity index (χ2v) is 7.00. The van der Waals surface area contributed by atoms with E-state index < -0.39 is 5.97 Å². The van der Waals surface area contributed by atoms with E-state index >= 15 is 0 Å². The first kappa shape index (κ1) is 18.5. The summed E-state index contributed by atoms with van der Waals surface area (Å²) >= 11 is 0. The van der Waals surface area contributed by atoms with E-state index in [0.29, 0.717) is 13.1 Å². The van der Waals surface area contributed by atoms with Gasteiger partial charge < -0.3 is 10.0 Å². The summed E-state index contributed by atoms with van der Waals surface area (Å²) < 4.78 is 0. The van der Waals surface area contributed by atoms with Crippen molar-refractivity contribution in [2.75, 3.05) is 26.7 Å². The molecule has 1 aromatic carbocycles. The lowest BCUT2D eigenvalue weighted by Gasteiger charge is -2.38. The van der Waals surface area contributed by atoms with Gasteiger partial charge in [-0.3, -0.25) is 14.5 Å². The lowest BCUT2D eigenvalue weighted by Crippen LogP contribution is -2.48. The van der Waals surface area contributed by atoms with Crippen LogP contribution in [-0.2, 0) is 9.59 Å². The van der Waals surface area contributed by atoms with Crippen LogP contribution in [0.3, 0.4) is 0 Å². The van der Waals surface area contributed by atoms with Crippen molar-refractivity contribution in [3.05, 3.63) is 35.9 Å². The number of piperidine rings is 1. The number of hydrogen-bond acceptors (Lipinski definition) is 3. The molecule has 1 fully saturated rings. The average molecular weight is 332 g/mol. The Kier molecular flexibility index (Phi) is 6.37. The molecule has 132 valence electrons. The number of benzene rings is 1. The second kappa shape index (κ2) is 8.29. The van der Waals surface area contributed by atoms with Crippen LogP contribution in [0.5, 0.6) is 0 Å². The number of carboxylic acids is 1. The maximum absolute atomic E-state index is 13.0. The Morgan fingerprint density at radius 2 is 1.79 bits per heavy atom. The Bertz CT molecular complexity index is 551. The molecule has 1 amide bonds. The zero-order chi connectivity index (χ0) is 17.7. The van der Waals surface area contributed by atoms with Gasteiger partial charge in [0.05, 0.1) is 12.5 Å². The molecule has 5 nitrogen and oxygen atoms in total. The van der Waals surface area contributed by atoms with E-state index in [4.69, 9.17) is 5.11 Å². The van der Waals surface area contributed by atoms with Crippen LogP contribution in [0.4, 0.5) is 0 Å². The lowest BCUT2D eigenvalue weighted by molar-refractivity contribution is -0.140. The van der Waals surface area contributed by atoms with Crippen LogP contribution in [0.25, 0.3) is 0 Å². The van der Waals surface area contributed by atoms with Crippen LogP contribution in [0.1, 0.15) is 38.2 Å². The topological polar surface area (TPSA) is 60.9 Å². The molecule has 1 unspecified atom stereocenters. The fraction of sp³-hybridized carbons (Fsp3) is 0.579. The van der Waals surface area contributed by atoms with Gasteiger partial charge >= 0.3 is 5.97 Å². The van der Waals surface area contributed by atoms with Gasteiger partial charge in [-0.1, -0.05) is 44.2 Å². The molecule has 0 bridgehead atoms. The molecule has 0 spiro atoms. The number of carboxylic acid groups (broad SMARTS) is 1. The minimum absolute atomic E-state index is 0.0528. The zero-order valence-electron chi connectivity index (χ0n) is 14.8. The Balaban J connectivity index is 1.99. The van der Waals surface area contributed by atoms with E-state index in [9.17, 15) is 9.59 Å². The molecular formula is C19H28N2O3. The van der Waals surface area contributed by atoms with Crippen molar-refractivity contribution in [3.63, 3.8) is 0 Å². The van der Waals surface area contributed by atoms with Gasteiger partial charge in [-0.2, -0.15) is 0 Å². The largest absolute Gasteiger partial charge is 0.480 e. The minimum atomic E-state index is -0.806. The molecule has 2 rings (SSSR count). The Labute approximate surface area is 144 Å². The molecular weight excluding hydrogens is 304 g/mol. The summed E-state index contributed by atoms with van der Waals surface area (Å²) in [5.41, 5.74) is 1.07. The maximum Gasteiger partial charge on any atom is 0.317 e. The summed E-state index contributed by atoms with van der Waals surface area (Å²) in [5.74, 6) is -0.484. The van der Waals surface area contributed by atoms with Crippen LogP contribution >= 0.6 is 0 Å². The van der Waals surface area contributed by atoms with Crippen molar-refractivity contribution in [2.24, 2.45) is 5.92 Å². The monoisotopic (exact) mass is 332 g/mol. The summed E-state index contributed by atoms with van der Waals surface area (Å²) in [6, 6.07) is 10.2. The predicted molar refractivity (Wildman–Crippen MR) is 93.9 cm³/mol. The van der Waals surface area contributed by atoms with Crippen LogP contribution < -0.4 is 0 Å². The normalized spacial score (nSPS) is 17.3. The van der Waals surface area contributed by atoms with Crippen molar-refractivity contribution in [2.45, 2.75) is 38.6 Å². The first-order valence-electron chi connectivity index (χ1n) is 8.66. The molecule has 1 N–H and O–H groups in total. The first-order valence-corrected chi connectivity index (χ1v) is 8.66. The van der Waals surface area contributed by atoms with E-state index in [1.807, 2.05) is 47.2 Å². The van der Waals surface area contributed by atoms with Gasteiger partial charge in [0.1, 0.15) is 0 Å². The van der Waals surface area contributed by atoms with Crippen LogP contribution in [-0.4, -0.2) is 59.5 Å². The van der Waals surface area contributed by atoms with E-state index in [1.165, 1.54) is 0 Å². The number of likely N-dealkylation sites (N-methyl/N-ethyl adjacent to an activating group) is 1. The highest BCUT2D eigenvalue weighted by Gasteiger charge is 2.32. The Hall–Kier alpha value is -1.88. The van der Waals surface area contributed by atoms with Gasteiger partial charge in [0.2, 0.25) is 5.91 Å². The number of carbonyl (C=O) groups is 2. The molecule has 0 radical (unpaired) electrons. The third-order valence-electron chi connectivity index (χ3n) is 4.88. The molecule has 1 saturated heterocycles. The van der Waals surface area contributed by atoms with Crippen molar-refractivity contribution >= 4 is 11.9 Å². The molecule has 1 aliphatic rings. The highest BCUT2D eigenvalue weighted by Crippen LogP contribution is 2.28. The molecule has 0 saturated carbocycles. The summed E-state index contributed by atoms with van der Waals surface area (Å²) in [6.45, 7) is 5.62. The van der Waals surface area contributed by atoms with E-state index in [2.05, 4.69) is 13.8 Å². The third kappa shape index (κ3) is 4.57. The maximum atomic E-state index is 13.0. The summed E-state index contributed by atoms with van der Waals surface area (Å²) in [6.07, 6.45) is 1.66. The number of rotatable bonds is 6. The minimum Gasteiger partial charge on any atom is -0.480 e. The fourth-order valence-electron chi connectivity index (χ4n) is 3.54. The molecule has 1 heterocycles. The SMILES string of the molecule is CC(C)C(C(=O)N1CCC(N(C)CC(=O)O)CC1)c1ccccc1. The number of likely N-dealkylation sites (tertiary alicyclic amines) is 1. The number of nitrogens with zero attached hydrogens (tertiary/aromatic N) is 2. The summed E-state index contributed by atoms with van der Waals surface area (Å²) in [7, 11) is 1.84. The quantitative estimate of drug-likeness (QED) is 0.869. The number of hydrogen-bond donors (Lipinski definition) is 1. The Morgan fingerprint density at radius 3 is 2.29 bits per heavy atom. The van der Waals surface area contributed by atoms with E-state index in [0.717, 1.165) is 18.4 Å². The number of aliphatic carboxylic acids is 1. The van der Waals surface area contributed by atoms with Gasteiger partial charge in [-0.25, -0.2) is 0 Å². The molecule has 5 heteroatoms. The van der Waals surface area contributed by atoms with Crippen LogP contribution in [0.15, 0.2) is 30.3 Å². The average Bonchev–Trinajstić information content (AvgIpc) is 2.55. The van der Waals surface area contributed by atoms with Gasteiger partial charge in [0.25, 0.3) is 0 Å². The fourth-order valence-corrected chi connectivity index (χ4v) is 3.54. The van der Waals surface area contributed by atoms with Gasteiger partial charge in [0.15, 0.2) is 0 Å². The van der Waals surface area contributed by atoms with Gasteiger partial charge in [-0.05, 0) is 31.4 Å². The molecule has 0 aromatic heterocycles. The Morgan fingerprint density at radius 1 is 1.21 bits per heavy atom. The molecule has 1 atom stereocenters. The van der Waals surface area contributed by atoms with Crippen molar-refractivity contribution in [3.8, 4) is 0 Å². The molecule has 1 aromatic rings. The molecule has 24 heavy (non-hydrogen) atoms. The number of carbonyl (C=O) groups excluding carboxylic acids is 1. The lowest BCUT2D eigenvalue weighted by atomic mass is 9.86. The number of amides is 1. The van der Waals surface area contributed by atoms with E-state index in [-0.39, 0.29) is 30.3 Å². The van der Waals surface area contributed by atoms with E-state index in [1.54, 1.807) is 0 Å². The second-order valence-electron chi connectivity index (χ2n) is 7.00.